The summed E-state index contributed by atoms with van der Waals surface area (Å²) < 4.78 is 5.31. The van der Waals surface area contributed by atoms with Crippen LogP contribution in [0.1, 0.15) is 13.3 Å². The van der Waals surface area contributed by atoms with Gasteiger partial charge in [-0.05, 0) is 13.3 Å². The molecule has 0 heterocycles. The number of hydrogen-bond donors (Lipinski definition) is 0. The van der Waals surface area contributed by atoms with E-state index in [1.807, 2.05) is 6.92 Å². The highest BCUT2D eigenvalue weighted by atomic mass is 16.5. The molecular weight excluding hydrogens is 112 g/mol. The summed E-state index contributed by atoms with van der Waals surface area (Å²) in [5.74, 6) is 0. The van der Waals surface area contributed by atoms with Gasteiger partial charge in [-0.15, -0.1) is 0 Å². The van der Waals surface area contributed by atoms with Crippen LogP contribution < -0.4 is 0 Å². The SMILES string of the molecule is CCOC1C=CCC=C1. The van der Waals surface area contributed by atoms with Gasteiger partial charge in [0, 0.05) is 6.61 Å². The summed E-state index contributed by atoms with van der Waals surface area (Å²) in [6, 6.07) is 0. The second-order valence-corrected chi connectivity index (χ2v) is 2.01. The van der Waals surface area contributed by atoms with E-state index in [1.54, 1.807) is 0 Å². The predicted octanol–water partition coefficient (Wildman–Crippen LogP) is 1.91. The van der Waals surface area contributed by atoms with Gasteiger partial charge < -0.3 is 4.74 Å². The Morgan fingerprint density at radius 1 is 1.44 bits per heavy atom. The topological polar surface area (TPSA) is 9.23 Å². The van der Waals surface area contributed by atoms with Crippen molar-refractivity contribution in [1.82, 2.24) is 0 Å². The van der Waals surface area contributed by atoms with Crippen LogP contribution in [0.4, 0.5) is 0 Å². The fourth-order valence-corrected chi connectivity index (χ4v) is 0.872. The Kier molecular flexibility index (Phi) is 2.52. The fraction of sp³-hybridized carbons (Fsp3) is 0.500. The lowest BCUT2D eigenvalue weighted by Gasteiger charge is -2.09. The molecule has 9 heavy (non-hydrogen) atoms. The van der Waals surface area contributed by atoms with Gasteiger partial charge in [0.05, 0.1) is 6.10 Å². The lowest BCUT2D eigenvalue weighted by molar-refractivity contribution is 0.127. The second kappa shape index (κ2) is 3.46. The van der Waals surface area contributed by atoms with Crippen molar-refractivity contribution in [3.05, 3.63) is 24.3 Å². The highest BCUT2D eigenvalue weighted by molar-refractivity contribution is 5.10. The molecule has 0 N–H and O–H groups in total. The van der Waals surface area contributed by atoms with Gasteiger partial charge in [0.15, 0.2) is 0 Å². The molecule has 0 aromatic carbocycles. The Balaban J connectivity index is 2.31. The molecule has 0 saturated carbocycles. The van der Waals surface area contributed by atoms with E-state index in [2.05, 4.69) is 24.3 Å². The summed E-state index contributed by atoms with van der Waals surface area (Å²) in [4.78, 5) is 0. The van der Waals surface area contributed by atoms with Gasteiger partial charge in [0.25, 0.3) is 0 Å². The van der Waals surface area contributed by atoms with E-state index in [-0.39, 0.29) is 6.10 Å². The van der Waals surface area contributed by atoms with Gasteiger partial charge in [-0.25, -0.2) is 0 Å². The molecule has 0 amide bonds. The van der Waals surface area contributed by atoms with Crippen LogP contribution in [-0.2, 0) is 4.74 Å². The van der Waals surface area contributed by atoms with Gasteiger partial charge in [0.2, 0.25) is 0 Å². The first-order chi connectivity index (χ1) is 4.43. The fourth-order valence-electron chi connectivity index (χ4n) is 0.872. The highest BCUT2D eigenvalue weighted by Gasteiger charge is 1.98. The Morgan fingerprint density at radius 2 is 2.11 bits per heavy atom. The normalized spacial score (nSPS) is 18.8. The van der Waals surface area contributed by atoms with Crippen molar-refractivity contribution < 1.29 is 4.74 Å². The van der Waals surface area contributed by atoms with Gasteiger partial charge in [-0.3, -0.25) is 0 Å². The van der Waals surface area contributed by atoms with Crippen molar-refractivity contribution in [2.45, 2.75) is 19.4 Å². The third-order valence-electron chi connectivity index (χ3n) is 1.28. The maximum absolute atomic E-state index is 5.31. The number of hydrogen-bond acceptors (Lipinski definition) is 1. The zero-order valence-corrected chi connectivity index (χ0v) is 5.71. The third kappa shape index (κ3) is 2.02. The van der Waals surface area contributed by atoms with Crippen molar-refractivity contribution in [3.63, 3.8) is 0 Å². The van der Waals surface area contributed by atoms with E-state index in [4.69, 9.17) is 4.74 Å². The number of ether oxygens (including phenoxy) is 1. The molecule has 0 fully saturated rings. The number of allylic oxidation sites excluding steroid dienone is 2. The summed E-state index contributed by atoms with van der Waals surface area (Å²) in [5.41, 5.74) is 0. The van der Waals surface area contributed by atoms with Crippen molar-refractivity contribution >= 4 is 0 Å². The maximum Gasteiger partial charge on any atom is 0.0937 e. The molecule has 0 aliphatic heterocycles. The molecular formula is C8H12O. The van der Waals surface area contributed by atoms with Crippen LogP contribution in [0.5, 0.6) is 0 Å². The van der Waals surface area contributed by atoms with E-state index >= 15 is 0 Å². The van der Waals surface area contributed by atoms with Crippen LogP contribution in [0, 0.1) is 0 Å². The Labute approximate surface area is 56.0 Å². The summed E-state index contributed by atoms with van der Waals surface area (Å²) >= 11 is 0. The van der Waals surface area contributed by atoms with Gasteiger partial charge in [0.1, 0.15) is 0 Å². The summed E-state index contributed by atoms with van der Waals surface area (Å²) in [5, 5.41) is 0. The van der Waals surface area contributed by atoms with E-state index in [0.717, 1.165) is 13.0 Å². The molecule has 0 radical (unpaired) electrons. The molecule has 0 saturated heterocycles. The lowest BCUT2D eigenvalue weighted by atomic mass is 10.2. The van der Waals surface area contributed by atoms with Crippen molar-refractivity contribution in [1.29, 1.82) is 0 Å². The molecule has 1 aliphatic rings. The quantitative estimate of drug-likeness (QED) is 0.511. The van der Waals surface area contributed by atoms with Crippen molar-refractivity contribution in [2.75, 3.05) is 6.61 Å². The summed E-state index contributed by atoms with van der Waals surface area (Å²) in [6.07, 6.45) is 9.72. The van der Waals surface area contributed by atoms with Crippen LogP contribution in [0.15, 0.2) is 24.3 Å². The first-order valence-corrected chi connectivity index (χ1v) is 3.38. The molecule has 1 heteroatoms. The van der Waals surface area contributed by atoms with E-state index < -0.39 is 0 Å². The van der Waals surface area contributed by atoms with Crippen LogP contribution in [0.3, 0.4) is 0 Å². The summed E-state index contributed by atoms with van der Waals surface area (Å²) in [7, 11) is 0. The maximum atomic E-state index is 5.31. The van der Waals surface area contributed by atoms with Gasteiger partial charge in [-0.1, -0.05) is 24.3 Å². The number of rotatable bonds is 2. The first kappa shape index (κ1) is 6.56. The van der Waals surface area contributed by atoms with Gasteiger partial charge >= 0.3 is 0 Å². The minimum absolute atomic E-state index is 0.240. The molecule has 1 aliphatic carbocycles. The lowest BCUT2D eigenvalue weighted by Crippen LogP contribution is -2.07. The van der Waals surface area contributed by atoms with Crippen molar-refractivity contribution in [3.8, 4) is 0 Å². The van der Waals surface area contributed by atoms with Crippen molar-refractivity contribution in [2.24, 2.45) is 0 Å². The average Bonchev–Trinajstić information content (AvgIpc) is 1.91. The van der Waals surface area contributed by atoms with E-state index in [0.29, 0.717) is 0 Å². The second-order valence-electron chi connectivity index (χ2n) is 2.01. The van der Waals surface area contributed by atoms with Gasteiger partial charge in [-0.2, -0.15) is 0 Å². The zero-order chi connectivity index (χ0) is 6.53. The predicted molar refractivity (Wildman–Crippen MR) is 38.3 cm³/mol. The molecule has 0 bridgehead atoms. The molecule has 1 nitrogen and oxygen atoms in total. The van der Waals surface area contributed by atoms with Crippen LogP contribution in [0.2, 0.25) is 0 Å². The van der Waals surface area contributed by atoms with Crippen LogP contribution in [-0.4, -0.2) is 12.7 Å². The third-order valence-corrected chi connectivity index (χ3v) is 1.28. The smallest absolute Gasteiger partial charge is 0.0937 e. The van der Waals surface area contributed by atoms with Crippen LogP contribution in [0.25, 0.3) is 0 Å². The molecule has 0 atom stereocenters. The largest absolute Gasteiger partial charge is 0.370 e. The van der Waals surface area contributed by atoms with E-state index in [9.17, 15) is 0 Å². The monoisotopic (exact) mass is 124 g/mol. The molecule has 0 aromatic heterocycles. The average molecular weight is 124 g/mol. The summed E-state index contributed by atoms with van der Waals surface area (Å²) in [6.45, 7) is 2.80. The standard InChI is InChI=1S/C8H12O/c1-2-9-8-6-4-3-5-7-8/h4-8H,2-3H2,1H3. The Hall–Kier alpha value is -0.560. The Bertz CT molecular complexity index is 113. The minimum atomic E-state index is 0.240. The van der Waals surface area contributed by atoms with E-state index in [1.165, 1.54) is 0 Å². The minimum Gasteiger partial charge on any atom is -0.370 e. The molecule has 1 rings (SSSR count). The Morgan fingerprint density at radius 3 is 2.67 bits per heavy atom. The molecule has 0 spiro atoms. The zero-order valence-electron chi connectivity index (χ0n) is 5.71. The highest BCUT2D eigenvalue weighted by Crippen LogP contribution is 2.04. The molecule has 50 valence electrons. The first-order valence-electron chi connectivity index (χ1n) is 3.38. The van der Waals surface area contributed by atoms with Crippen LogP contribution >= 0.6 is 0 Å². The molecule has 0 aromatic rings. The molecule has 0 unspecified atom stereocenters.